The molecule has 0 bridgehead atoms. The van der Waals surface area contributed by atoms with Crippen molar-refractivity contribution in [1.29, 1.82) is 0 Å². The molecule has 1 amide bonds. The molecule has 1 aliphatic carbocycles. The van der Waals surface area contributed by atoms with Crippen LogP contribution in [0.3, 0.4) is 0 Å². The Hall–Kier alpha value is -2.60. The normalized spacial score (nSPS) is 13.5. The van der Waals surface area contributed by atoms with E-state index in [1.807, 2.05) is 46.0 Å². The van der Waals surface area contributed by atoms with Crippen LogP contribution in [0.25, 0.3) is 5.69 Å². The van der Waals surface area contributed by atoms with Crippen LogP contribution in [0.1, 0.15) is 24.1 Å². The van der Waals surface area contributed by atoms with E-state index < -0.39 is 0 Å². The van der Waals surface area contributed by atoms with Gasteiger partial charge in [0.2, 0.25) is 5.91 Å². The zero-order valence-electron chi connectivity index (χ0n) is 15.3. The Bertz CT molecular complexity index is 921. The molecule has 0 radical (unpaired) electrons. The maximum atomic E-state index is 12.9. The van der Waals surface area contributed by atoms with E-state index in [0.717, 1.165) is 29.4 Å². The van der Waals surface area contributed by atoms with Crippen molar-refractivity contribution in [2.75, 3.05) is 5.75 Å². The number of carbonyl (C=O) groups excluding carboxylic acids is 1. The molecule has 0 unspecified atom stereocenters. The fraction of sp³-hybridized carbons (Fsp3) is 0.286. The van der Waals surface area contributed by atoms with Gasteiger partial charge in [-0.05, 0) is 43.5 Å². The number of nitrogens with zero attached hydrogens (tertiary/aromatic N) is 4. The van der Waals surface area contributed by atoms with Crippen molar-refractivity contribution in [1.82, 2.24) is 19.4 Å². The number of amides is 1. The predicted molar refractivity (Wildman–Crippen MR) is 107 cm³/mol. The molecule has 1 saturated carbocycles. The standard InChI is InChI=1S/C21H22N4OS/c1-16-6-2-3-8-19(16)24-13-12-23-21(24)27-15-20(26)25(18-9-10-18)14-17-7-4-5-11-22-17/h2-8,11-13,18H,9-10,14-15H2,1H3. The van der Waals surface area contributed by atoms with Gasteiger partial charge in [-0.1, -0.05) is 36.0 Å². The van der Waals surface area contributed by atoms with Crippen LogP contribution in [-0.2, 0) is 11.3 Å². The third-order valence-electron chi connectivity index (χ3n) is 4.67. The van der Waals surface area contributed by atoms with Crippen molar-refractivity contribution < 1.29 is 4.79 Å². The summed E-state index contributed by atoms with van der Waals surface area (Å²) in [6.45, 7) is 2.66. The van der Waals surface area contributed by atoms with E-state index in [1.54, 1.807) is 12.4 Å². The number of aryl methyl sites for hydroxylation is 1. The van der Waals surface area contributed by atoms with E-state index in [-0.39, 0.29) is 5.91 Å². The Morgan fingerprint density at radius 3 is 2.70 bits per heavy atom. The largest absolute Gasteiger partial charge is 0.333 e. The highest BCUT2D eigenvalue weighted by molar-refractivity contribution is 7.99. The van der Waals surface area contributed by atoms with Crippen LogP contribution in [0.4, 0.5) is 0 Å². The highest BCUT2D eigenvalue weighted by Gasteiger charge is 2.32. The Balaban J connectivity index is 1.45. The average Bonchev–Trinajstić information content (AvgIpc) is 3.43. The maximum Gasteiger partial charge on any atom is 0.233 e. The number of hydrogen-bond acceptors (Lipinski definition) is 4. The van der Waals surface area contributed by atoms with Crippen LogP contribution >= 0.6 is 11.8 Å². The second-order valence-electron chi connectivity index (χ2n) is 6.73. The third-order valence-corrected chi connectivity index (χ3v) is 5.62. The third kappa shape index (κ3) is 4.22. The SMILES string of the molecule is Cc1ccccc1-n1ccnc1SCC(=O)N(Cc1ccccn1)C1CC1. The van der Waals surface area contributed by atoms with E-state index in [2.05, 4.69) is 29.0 Å². The molecule has 1 aromatic carbocycles. The fourth-order valence-electron chi connectivity index (χ4n) is 3.10. The first kappa shape index (κ1) is 17.8. The van der Waals surface area contributed by atoms with Crippen molar-refractivity contribution >= 4 is 17.7 Å². The summed E-state index contributed by atoms with van der Waals surface area (Å²) >= 11 is 1.49. The number of carbonyl (C=O) groups is 1. The van der Waals surface area contributed by atoms with Crippen molar-refractivity contribution in [2.24, 2.45) is 0 Å². The summed E-state index contributed by atoms with van der Waals surface area (Å²) in [7, 11) is 0. The molecule has 3 aromatic rings. The van der Waals surface area contributed by atoms with Gasteiger partial charge in [0.1, 0.15) is 0 Å². The molecule has 138 valence electrons. The number of para-hydroxylation sites is 1. The number of imidazole rings is 1. The van der Waals surface area contributed by atoms with E-state index in [4.69, 9.17) is 0 Å². The maximum absolute atomic E-state index is 12.9. The van der Waals surface area contributed by atoms with Gasteiger partial charge < -0.3 is 4.90 Å². The summed E-state index contributed by atoms with van der Waals surface area (Å²) < 4.78 is 2.05. The molecule has 2 aromatic heterocycles. The van der Waals surface area contributed by atoms with Gasteiger partial charge in [0.15, 0.2) is 5.16 Å². The number of benzene rings is 1. The van der Waals surface area contributed by atoms with Gasteiger partial charge >= 0.3 is 0 Å². The van der Waals surface area contributed by atoms with Gasteiger partial charge in [-0.3, -0.25) is 14.3 Å². The lowest BCUT2D eigenvalue weighted by Crippen LogP contribution is -2.34. The molecule has 0 aliphatic heterocycles. The quantitative estimate of drug-likeness (QED) is 0.586. The zero-order valence-corrected chi connectivity index (χ0v) is 16.1. The number of thioether (sulfide) groups is 1. The van der Waals surface area contributed by atoms with E-state index in [0.29, 0.717) is 18.3 Å². The lowest BCUT2D eigenvalue weighted by molar-refractivity contribution is -0.129. The van der Waals surface area contributed by atoms with Crippen molar-refractivity contribution in [3.8, 4) is 5.69 Å². The minimum absolute atomic E-state index is 0.146. The Morgan fingerprint density at radius 2 is 1.96 bits per heavy atom. The lowest BCUT2D eigenvalue weighted by atomic mass is 10.2. The number of aromatic nitrogens is 3. The summed E-state index contributed by atoms with van der Waals surface area (Å²) in [6, 6.07) is 14.4. The van der Waals surface area contributed by atoms with Crippen LogP contribution in [0.5, 0.6) is 0 Å². The fourth-order valence-corrected chi connectivity index (χ4v) is 3.95. The average molecular weight is 379 g/mol. The zero-order chi connectivity index (χ0) is 18.6. The summed E-state index contributed by atoms with van der Waals surface area (Å²) in [4.78, 5) is 23.7. The van der Waals surface area contributed by atoms with Crippen molar-refractivity contribution in [3.63, 3.8) is 0 Å². The number of rotatable bonds is 7. The van der Waals surface area contributed by atoms with E-state index in [1.165, 1.54) is 17.3 Å². The van der Waals surface area contributed by atoms with Crippen molar-refractivity contribution in [3.05, 3.63) is 72.3 Å². The summed E-state index contributed by atoms with van der Waals surface area (Å²) in [5, 5.41) is 0.839. The highest BCUT2D eigenvalue weighted by Crippen LogP contribution is 2.30. The molecule has 1 fully saturated rings. The lowest BCUT2D eigenvalue weighted by Gasteiger charge is -2.22. The van der Waals surface area contributed by atoms with E-state index >= 15 is 0 Å². The van der Waals surface area contributed by atoms with Crippen LogP contribution < -0.4 is 0 Å². The molecular formula is C21H22N4OS. The second kappa shape index (κ2) is 7.96. The minimum atomic E-state index is 0.146. The van der Waals surface area contributed by atoms with Gasteiger partial charge in [-0.15, -0.1) is 0 Å². The molecule has 27 heavy (non-hydrogen) atoms. The van der Waals surface area contributed by atoms with Gasteiger partial charge in [-0.25, -0.2) is 4.98 Å². The highest BCUT2D eigenvalue weighted by atomic mass is 32.2. The Kier molecular flexibility index (Phi) is 5.25. The van der Waals surface area contributed by atoms with Crippen LogP contribution in [-0.4, -0.2) is 37.1 Å². The summed E-state index contributed by atoms with van der Waals surface area (Å²) in [5.41, 5.74) is 3.21. The van der Waals surface area contributed by atoms with E-state index in [9.17, 15) is 4.79 Å². The van der Waals surface area contributed by atoms with Gasteiger partial charge in [0, 0.05) is 24.6 Å². The van der Waals surface area contributed by atoms with Gasteiger partial charge in [-0.2, -0.15) is 0 Å². The predicted octanol–water partition coefficient (Wildman–Crippen LogP) is 3.86. The smallest absolute Gasteiger partial charge is 0.233 e. The number of pyridine rings is 1. The first-order chi connectivity index (χ1) is 13.2. The molecule has 0 N–H and O–H groups in total. The van der Waals surface area contributed by atoms with Crippen LogP contribution in [0.15, 0.2) is 66.2 Å². The summed E-state index contributed by atoms with van der Waals surface area (Å²) in [6.07, 6.45) is 7.67. The first-order valence-electron chi connectivity index (χ1n) is 9.14. The second-order valence-corrected chi connectivity index (χ2v) is 7.67. The van der Waals surface area contributed by atoms with Gasteiger partial charge in [0.25, 0.3) is 0 Å². The topological polar surface area (TPSA) is 51.0 Å². The number of hydrogen-bond donors (Lipinski definition) is 0. The summed E-state index contributed by atoms with van der Waals surface area (Å²) in [5.74, 6) is 0.527. The molecule has 0 atom stereocenters. The molecule has 6 heteroatoms. The molecular weight excluding hydrogens is 356 g/mol. The molecule has 0 spiro atoms. The van der Waals surface area contributed by atoms with Crippen molar-refractivity contribution in [2.45, 2.75) is 37.5 Å². The molecule has 0 saturated heterocycles. The van der Waals surface area contributed by atoms with Crippen LogP contribution in [0, 0.1) is 6.92 Å². The Morgan fingerprint density at radius 1 is 1.15 bits per heavy atom. The molecule has 5 nitrogen and oxygen atoms in total. The van der Waals surface area contributed by atoms with Gasteiger partial charge in [0.05, 0.1) is 23.7 Å². The first-order valence-corrected chi connectivity index (χ1v) is 10.1. The monoisotopic (exact) mass is 378 g/mol. The molecule has 4 rings (SSSR count). The Labute approximate surface area is 163 Å². The molecule has 1 aliphatic rings. The van der Waals surface area contributed by atoms with Crippen LogP contribution in [0.2, 0.25) is 0 Å². The minimum Gasteiger partial charge on any atom is -0.333 e. The molecule has 2 heterocycles.